The van der Waals surface area contributed by atoms with E-state index in [-0.39, 0.29) is 40.8 Å². The van der Waals surface area contributed by atoms with Crippen LogP contribution in [-0.2, 0) is 20.7 Å². The molecule has 16 heteroatoms. The number of Topliss-reactive ketones (excluding diaryl/α,β-unsaturated/α-hetero) is 1. The summed E-state index contributed by atoms with van der Waals surface area (Å²) in [6.07, 6.45) is 4.45. The van der Waals surface area contributed by atoms with E-state index in [0.29, 0.717) is 44.3 Å². The predicted molar refractivity (Wildman–Crippen MR) is 241 cm³/mol. The molecule has 2 heterocycles. The lowest BCUT2D eigenvalue weighted by Gasteiger charge is -2.43. The van der Waals surface area contributed by atoms with Gasteiger partial charge in [-0.2, -0.15) is 17.6 Å². The number of alkyl halides is 5. The van der Waals surface area contributed by atoms with Gasteiger partial charge in [-0.3, -0.25) is 4.79 Å². The zero-order valence-corrected chi connectivity index (χ0v) is 37.4. The number of nitrogens with zero attached hydrogens (tertiary/aromatic N) is 2. The third-order valence-corrected chi connectivity index (χ3v) is 11.6. The van der Waals surface area contributed by atoms with Gasteiger partial charge in [0.2, 0.25) is 5.78 Å². The van der Waals surface area contributed by atoms with Gasteiger partial charge in [-0.15, -0.1) is 13.2 Å². The van der Waals surface area contributed by atoms with Crippen LogP contribution < -0.4 is 4.74 Å². The number of halogens is 7. The van der Waals surface area contributed by atoms with E-state index in [2.05, 4.69) is 29.5 Å². The van der Waals surface area contributed by atoms with Crippen LogP contribution in [0.25, 0.3) is 0 Å². The Balaban J connectivity index is 0.000000203. The van der Waals surface area contributed by atoms with Crippen molar-refractivity contribution in [1.29, 1.82) is 0 Å². The average molecular weight is 951 g/mol. The molecular weight excluding hydrogens is 902 g/mol. The van der Waals surface area contributed by atoms with E-state index < -0.39 is 41.2 Å². The summed E-state index contributed by atoms with van der Waals surface area (Å²) in [7, 11) is 0. The van der Waals surface area contributed by atoms with Crippen molar-refractivity contribution in [3.05, 3.63) is 192 Å². The molecule has 0 bridgehead atoms. The van der Waals surface area contributed by atoms with Crippen LogP contribution >= 0.6 is 11.6 Å². The molecule has 0 saturated carbocycles. The van der Waals surface area contributed by atoms with E-state index in [1.807, 2.05) is 13.8 Å². The third-order valence-electron chi connectivity index (χ3n) is 11.4. The minimum atomic E-state index is -3.80. The SMILES string of the molecule is C=CC[C@]1(c2ccc(F)cc2)CCN([C@@H](C)c2ccc(O)cc2)C(=O)O1.C=CC[C@]1(c2ccc(F)cc2)CCN([C@@H](C)c2ccc(OC(F)F)cc2)C(=O)O1.O=C(c1ccccc1)C(F)(F)Cl. The number of amides is 2. The summed E-state index contributed by atoms with van der Waals surface area (Å²) in [5.74, 6) is -1.82. The van der Waals surface area contributed by atoms with Crippen LogP contribution in [0.15, 0.2) is 153 Å². The Morgan fingerprint density at radius 2 is 1.12 bits per heavy atom. The maximum absolute atomic E-state index is 13.3. The number of phenolic OH excluding ortho intramolecular Hbond substituents is 1. The van der Waals surface area contributed by atoms with Crippen molar-refractivity contribution in [3.63, 3.8) is 0 Å². The third kappa shape index (κ3) is 13.2. The van der Waals surface area contributed by atoms with Gasteiger partial charge in [0.1, 0.15) is 34.3 Å². The van der Waals surface area contributed by atoms with Crippen molar-refractivity contribution in [2.75, 3.05) is 13.1 Å². The lowest BCUT2D eigenvalue weighted by atomic mass is 9.85. The molecule has 0 radical (unpaired) electrons. The van der Waals surface area contributed by atoms with Gasteiger partial charge >= 0.3 is 24.2 Å². The molecule has 354 valence electrons. The molecule has 67 heavy (non-hydrogen) atoms. The van der Waals surface area contributed by atoms with Crippen molar-refractivity contribution in [1.82, 2.24) is 9.80 Å². The summed E-state index contributed by atoms with van der Waals surface area (Å²) in [5, 5.41) is 5.63. The smallest absolute Gasteiger partial charge is 0.411 e. The van der Waals surface area contributed by atoms with E-state index >= 15 is 0 Å². The number of cyclic esters (lactones) is 2. The van der Waals surface area contributed by atoms with Gasteiger partial charge < -0.3 is 29.1 Å². The number of carbonyl (C=O) groups is 3. The number of carbonyl (C=O) groups excluding carboxylic acids is 3. The van der Waals surface area contributed by atoms with Crippen LogP contribution in [0.1, 0.15) is 84.2 Å². The first-order valence-electron chi connectivity index (χ1n) is 21.0. The Kier molecular flexibility index (Phi) is 17.3. The van der Waals surface area contributed by atoms with Gasteiger partial charge in [-0.05, 0) is 96.2 Å². The van der Waals surface area contributed by atoms with Gasteiger partial charge in [0.15, 0.2) is 0 Å². The highest BCUT2D eigenvalue weighted by Gasteiger charge is 2.44. The zero-order valence-electron chi connectivity index (χ0n) is 36.6. The number of aromatic hydroxyl groups is 1. The number of hydrogen-bond acceptors (Lipinski definition) is 7. The minimum absolute atomic E-state index is 0.0541. The van der Waals surface area contributed by atoms with Crippen LogP contribution in [0.4, 0.5) is 35.9 Å². The predicted octanol–water partition coefficient (Wildman–Crippen LogP) is 13.4. The van der Waals surface area contributed by atoms with Crippen molar-refractivity contribution in [2.24, 2.45) is 0 Å². The molecule has 2 aliphatic heterocycles. The fourth-order valence-electron chi connectivity index (χ4n) is 7.74. The van der Waals surface area contributed by atoms with Crippen molar-refractivity contribution in [3.8, 4) is 11.5 Å². The molecule has 0 spiro atoms. The second-order valence-electron chi connectivity index (χ2n) is 15.7. The van der Waals surface area contributed by atoms with E-state index in [0.717, 1.165) is 16.7 Å². The number of phenols is 1. The largest absolute Gasteiger partial charge is 0.508 e. The fourth-order valence-corrected chi connectivity index (χ4v) is 7.85. The van der Waals surface area contributed by atoms with Gasteiger partial charge in [0.25, 0.3) is 0 Å². The Hall–Kier alpha value is -6.74. The molecule has 2 aliphatic rings. The summed E-state index contributed by atoms with van der Waals surface area (Å²) in [6.45, 7) is 9.32. The number of hydrogen-bond donors (Lipinski definition) is 1. The summed E-state index contributed by atoms with van der Waals surface area (Å²) in [4.78, 5) is 39.6. The van der Waals surface area contributed by atoms with Gasteiger partial charge in [0.05, 0.1) is 12.1 Å². The molecule has 2 amide bonds. The molecule has 2 saturated heterocycles. The van der Waals surface area contributed by atoms with Gasteiger partial charge in [-0.1, -0.05) is 91.0 Å². The Morgan fingerprint density at radius 3 is 1.48 bits per heavy atom. The lowest BCUT2D eigenvalue weighted by molar-refractivity contribution is -0.0595. The quantitative estimate of drug-likeness (QED) is 0.0511. The highest BCUT2D eigenvalue weighted by Crippen LogP contribution is 2.42. The molecule has 7 rings (SSSR count). The molecule has 0 aliphatic carbocycles. The first kappa shape index (κ1) is 51.2. The van der Waals surface area contributed by atoms with Crippen LogP contribution in [0, 0.1) is 11.6 Å². The minimum Gasteiger partial charge on any atom is -0.508 e. The standard InChI is InChI=1S/C22H22F3NO3.C21H22FNO3.C8H5ClF2O/c1-3-12-22(17-6-8-18(23)9-7-17)13-14-26(21(27)29-22)15(2)16-4-10-19(11-5-16)28-20(24)25;1-3-12-21(17-6-8-18(22)9-7-17)13-14-23(20(25)26-21)15(2)16-4-10-19(24)11-5-16;9-8(10,11)7(12)6-4-2-1-3-5-6/h3-11,15,20H,1,12-14H2,2H3;3-11,15,24H,1,12-14H2,2H3;1-5H/t15-,22+;15-,21+;/m00./s1. The van der Waals surface area contributed by atoms with E-state index in [1.54, 1.807) is 88.7 Å². The molecule has 9 nitrogen and oxygen atoms in total. The molecular formula is C51H49ClF6N2O7. The second kappa shape index (κ2) is 22.6. The molecule has 5 aromatic rings. The monoisotopic (exact) mass is 950 g/mol. The lowest BCUT2D eigenvalue weighted by Crippen LogP contribution is -2.48. The van der Waals surface area contributed by atoms with Crippen molar-refractivity contribution >= 4 is 29.6 Å². The molecule has 0 unspecified atom stereocenters. The molecule has 4 atom stereocenters. The van der Waals surface area contributed by atoms with Gasteiger partial charge in [-0.25, -0.2) is 18.4 Å². The normalized spacial score (nSPS) is 19.0. The Labute approximate surface area is 389 Å². The van der Waals surface area contributed by atoms with Crippen molar-refractivity contribution in [2.45, 2.75) is 74.8 Å². The first-order valence-corrected chi connectivity index (χ1v) is 21.4. The Morgan fingerprint density at radius 1 is 0.716 bits per heavy atom. The summed E-state index contributed by atoms with van der Waals surface area (Å²) >= 11 is 4.54. The number of rotatable bonds is 14. The highest BCUT2D eigenvalue weighted by molar-refractivity contribution is 6.35. The molecule has 2 fully saturated rings. The maximum atomic E-state index is 13.3. The van der Waals surface area contributed by atoms with E-state index in [4.69, 9.17) is 9.47 Å². The Bertz CT molecular complexity index is 2440. The summed E-state index contributed by atoms with van der Waals surface area (Å²) in [5.41, 5.74) is 1.36. The van der Waals surface area contributed by atoms with Crippen LogP contribution in [0.3, 0.4) is 0 Å². The summed E-state index contributed by atoms with van der Waals surface area (Å²) < 4.78 is 91.7. The van der Waals surface area contributed by atoms with Crippen molar-refractivity contribution < 1.29 is 60.0 Å². The van der Waals surface area contributed by atoms with E-state index in [1.165, 1.54) is 60.7 Å². The van der Waals surface area contributed by atoms with Crippen LogP contribution in [0.2, 0.25) is 0 Å². The van der Waals surface area contributed by atoms with Crippen LogP contribution in [0.5, 0.6) is 11.5 Å². The number of benzene rings is 5. The first-order chi connectivity index (χ1) is 31.8. The molecule has 0 aromatic heterocycles. The zero-order chi connectivity index (χ0) is 48.9. The van der Waals surface area contributed by atoms with Crippen LogP contribution in [-0.4, -0.2) is 58.0 Å². The average Bonchev–Trinajstić information content (AvgIpc) is 3.30. The fraction of sp³-hybridized carbons (Fsp3) is 0.275. The number of ether oxygens (including phenoxy) is 3. The topological polar surface area (TPSA) is 106 Å². The molecule has 5 aromatic carbocycles. The summed E-state index contributed by atoms with van der Waals surface area (Å²) in [6, 6.07) is 31.6. The highest BCUT2D eigenvalue weighted by atomic mass is 35.5. The number of ketones is 1. The van der Waals surface area contributed by atoms with E-state index in [9.17, 15) is 45.8 Å². The second-order valence-corrected chi connectivity index (χ2v) is 16.2. The molecule has 1 N–H and O–H groups in total. The maximum Gasteiger partial charge on any atom is 0.411 e. The van der Waals surface area contributed by atoms with Gasteiger partial charge in [0, 0.05) is 44.3 Å².